The van der Waals surface area contributed by atoms with Gasteiger partial charge in [-0.2, -0.15) is 0 Å². The Bertz CT molecular complexity index is 924. The lowest BCUT2D eigenvalue weighted by atomic mass is 9.85. The van der Waals surface area contributed by atoms with Crippen LogP contribution in [0.2, 0.25) is 0 Å². The minimum absolute atomic E-state index is 0.0892. The van der Waals surface area contributed by atoms with Crippen LogP contribution in [0.4, 0.5) is 5.82 Å². The summed E-state index contributed by atoms with van der Waals surface area (Å²) < 4.78 is 24.5. The molecule has 1 aliphatic carbocycles. The van der Waals surface area contributed by atoms with Crippen molar-refractivity contribution in [3.63, 3.8) is 0 Å². The van der Waals surface area contributed by atoms with Crippen LogP contribution in [-0.2, 0) is 15.6 Å². The Morgan fingerprint density at radius 3 is 2.38 bits per heavy atom. The highest BCUT2D eigenvalue weighted by molar-refractivity contribution is 7.91. The summed E-state index contributed by atoms with van der Waals surface area (Å²) in [6, 6.07) is 10.2. The number of nitrogens with zero attached hydrogens (tertiary/aromatic N) is 1. The van der Waals surface area contributed by atoms with Gasteiger partial charge < -0.3 is 4.98 Å². The number of aromatic nitrogens is 1. The molecule has 0 amide bonds. The lowest BCUT2D eigenvalue weighted by Gasteiger charge is -2.21. The van der Waals surface area contributed by atoms with Crippen LogP contribution in [0.5, 0.6) is 0 Å². The molecule has 5 heteroatoms. The van der Waals surface area contributed by atoms with Gasteiger partial charge in [-0.05, 0) is 50.1 Å². The number of H-pyrrole nitrogens is 1. The number of rotatable bonds is 9. The van der Waals surface area contributed by atoms with Crippen molar-refractivity contribution in [3.8, 4) is 0 Å². The van der Waals surface area contributed by atoms with Crippen LogP contribution in [0.1, 0.15) is 74.3 Å². The van der Waals surface area contributed by atoms with E-state index >= 15 is 0 Å². The Balaban J connectivity index is 1.90. The van der Waals surface area contributed by atoms with Crippen LogP contribution in [0.15, 0.2) is 41.9 Å². The molecule has 3 rings (SSSR count). The van der Waals surface area contributed by atoms with E-state index in [4.69, 9.17) is 0 Å². The van der Waals surface area contributed by atoms with E-state index in [9.17, 15) is 8.42 Å². The van der Waals surface area contributed by atoms with Gasteiger partial charge in [-0.1, -0.05) is 62.6 Å². The maximum atomic E-state index is 12.2. The molecular formula is C24H32N2O2S. The van der Waals surface area contributed by atoms with Crippen molar-refractivity contribution >= 4 is 28.4 Å². The molecule has 1 aliphatic rings. The van der Waals surface area contributed by atoms with Crippen molar-refractivity contribution in [3.05, 3.63) is 59.3 Å². The quantitative estimate of drug-likeness (QED) is 0.511. The molecular weight excluding hydrogens is 380 g/mol. The highest BCUT2D eigenvalue weighted by Crippen LogP contribution is 2.39. The molecule has 1 fully saturated rings. The van der Waals surface area contributed by atoms with Crippen LogP contribution in [0, 0.1) is 5.92 Å². The van der Waals surface area contributed by atoms with E-state index in [0.29, 0.717) is 0 Å². The van der Waals surface area contributed by atoms with Crippen LogP contribution >= 0.6 is 0 Å². The fourth-order valence-corrected chi connectivity index (χ4v) is 5.21. The third-order valence-electron chi connectivity index (χ3n) is 6.11. The number of aromatic amines is 1. The van der Waals surface area contributed by atoms with E-state index < -0.39 is 9.84 Å². The second-order valence-electron chi connectivity index (χ2n) is 8.43. The van der Waals surface area contributed by atoms with E-state index in [-0.39, 0.29) is 16.9 Å². The summed E-state index contributed by atoms with van der Waals surface area (Å²) in [4.78, 5) is 7.52. The Labute approximate surface area is 175 Å². The second kappa shape index (κ2) is 9.12. The van der Waals surface area contributed by atoms with Crippen molar-refractivity contribution < 1.29 is 8.42 Å². The maximum Gasteiger partial charge on any atom is 0.156 e. The molecule has 0 radical (unpaired) electrons. The number of nitrogens with one attached hydrogen (secondary N) is 1. The first-order chi connectivity index (χ1) is 13.8. The zero-order valence-electron chi connectivity index (χ0n) is 17.5. The minimum atomic E-state index is -3.10. The van der Waals surface area contributed by atoms with Gasteiger partial charge in [0.2, 0.25) is 0 Å². The van der Waals surface area contributed by atoms with Gasteiger partial charge in [-0.15, -0.1) is 0 Å². The van der Waals surface area contributed by atoms with Crippen molar-refractivity contribution in [2.24, 2.45) is 10.9 Å². The van der Waals surface area contributed by atoms with E-state index in [1.165, 1.54) is 31.2 Å². The molecule has 0 saturated heterocycles. The van der Waals surface area contributed by atoms with Crippen LogP contribution in [0.3, 0.4) is 0 Å². The molecule has 29 heavy (non-hydrogen) atoms. The molecule has 0 spiro atoms. The van der Waals surface area contributed by atoms with Gasteiger partial charge in [-0.25, -0.2) is 13.4 Å². The normalized spacial score (nSPS) is 16.2. The first-order valence-electron chi connectivity index (χ1n) is 10.5. The van der Waals surface area contributed by atoms with Crippen molar-refractivity contribution in [2.45, 2.75) is 62.9 Å². The Morgan fingerprint density at radius 1 is 1.21 bits per heavy atom. The summed E-state index contributed by atoms with van der Waals surface area (Å²) in [6.45, 7) is 11.0. The topological polar surface area (TPSA) is 62.3 Å². The van der Waals surface area contributed by atoms with Gasteiger partial charge in [0.15, 0.2) is 9.84 Å². The van der Waals surface area contributed by atoms with Gasteiger partial charge in [-0.3, -0.25) is 0 Å². The van der Waals surface area contributed by atoms with Gasteiger partial charge >= 0.3 is 0 Å². The van der Waals surface area contributed by atoms with Crippen LogP contribution in [-0.4, -0.2) is 25.4 Å². The van der Waals surface area contributed by atoms with E-state index in [2.05, 4.69) is 41.5 Å². The molecule has 156 valence electrons. The first kappa shape index (κ1) is 21.6. The lowest BCUT2D eigenvalue weighted by molar-refractivity contribution is 0.469. The fraction of sp³-hybridized carbons (Fsp3) is 0.458. The molecule has 1 saturated carbocycles. The predicted molar refractivity (Wildman–Crippen MR) is 123 cm³/mol. The first-order valence-corrected chi connectivity index (χ1v) is 12.2. The number of benzene rings is 1. The van der Waals surface area contributed by atoms with E-state index in [1.807, 2.05) is 12.1 Å². The van der Waals surface area contributed by atoms with Crippen molar-refractivity contribution in [1.82, 2.24) is 4.98 Å². The highest BCUT2D eigenvalue weighted by atomic mass is 32.2. The number of hydrogen-bond acceptors (Lipinski definition) is 3. The molecule has 1 atom stereocenters. The van der Waals surface area contributed by atoms with Crippen LogP contribution in [0.25, 0.3) is 6.08 Å². The minimum Gasteiger partial charge on any atom is -0.343 e. The Hall–Kier alpha value is -2.14. The second-order valence-corrected chi connectivity index (χ2v) is 11.0. The number of aliphatic imine (C=N–C) groups is 1. The average Bonchev–Trinajstić information content (AvgIpc) is 3.35. The summed E-state index contributed by atoms with van der Waals surface area (Å²) >= 11 is 0. The van der Waals surface area contributed by atoms with Gasteiger partial charge in [0.25, 0.3) is 0 Å². The monoisotopic (exact) mass is 412 g/mol. The van der Waals surface area contributed by atoms with Gasteiger partial charge in [0.1, 0.15) is 5.82 Å². The van der Waals surface area contributed by atoms with Crippen molar-refractivity contribution in [1.29, 1.82) is 0 Å². The molecule has 0 bridgehead atoms. The Morgan fingerprint density at radius 2 is 1.86 bits per heavy atom. The molecule has 1 N–H and O–H groups in total. The van der Waals surface area contributed by atoms with E-state index in [1.54, 1.807) is 19.9 Å². The molecule has 2 aromatic rings. The number of sulfone groups is 1. The zero-order chi connectivity index (χ0) is 21.0. The molecule has 1 aromatic carbocycles. The molecule has 1 aromatic heterocycles. The SMILES string of the molecule is C=Cc1cc(C(CC2CCCC2)c2ccc(CS(=O)(=O)C(C)C)cc2)[nH]c1N=C. The summed E-state index contributed by atoms with van der Waals surface area (Å²) in [5.41, 5.74) is 4.13. The molecule has 1 unspecified atom stereocenters. The summed E-state index contributed by atoms with van der Waals surface area (Å²) in [5.74, 6) is 1.79. The van der Waals surface area contributed by atoms with Crippen molar-refractivity contribution in [2.75, 3.05) is 0 Å². The van der Waals surface area contributed by atoms with Crippen LogP contribution < -0.4 is 0 Å². The van der Waals surface area contributed by atoms with Gasteiger partial charge in [0.05, 0.1) is 11.0 Å². The summed E-state index contributed by atoms with van der Waals surface area (Å²) in [7, 11) is -3.10. The maximum absolute atomic E-state index is 12.2. The lowest BCUT2D eigenvalue weighted by Crippen LogP contribution is -2.16. The molecule has 1 heterocycles. The number of hydrogen-bond donors (Lipinski definition) is 1. The highest BCUT2D eigenvalue weighted by Gasteiger charge is 2.25. The Kier molecular flexibility index (Phi) is 6.78. The summed E-state index contributed by atoms with van der Waals surface area (Å²) in [6.07, 6.45) is 8.07. The molecule has 4 nitrogen and oxygen atoms in total. The average molecular weight is 413 g/mol. The predicted octanol–water partition coefficient (Wildman–Crippen LogP) is 6.03. The smallest absolute Gasteiger partial charge is 0.156 e. The zero-order valence-corrected chi connectivity index (χ0v) is 18.3. The third kappa shape index (κ3) is 5.08. The third-order valence-corrected chi connectivity index (χ3v) is 8.28. The molecule has 0 aliphatic heterocycles. The largest absolute Gasteiger partial charge is 0.343 e. The van der Waals surface area contributed by atoms with Gasteiger partial charge in [0, 0.05) is 17.2 Å². The fourth-order valence-electron chi connectivity index (χ4n) is 4.22. The van der Waals surface area contributed by atoms with E-state index in [0.717, 1.165) is 35.0 Å². The summed E-state index contributed by atoms with van der Waals surface area (Å²) in [5, 5.41) is -0.363. The standard InChI is InChI=1S/C24H32N2O2S/c1-5-20-15-23(26-24(20)25-4)22(14-18-8-6-7-9-18)21-12-10-19(11-13-21)16-29(27,28)17(2)3/h5,10-13,15,17-18,22,26H,1,4,6-9,14,16H2,2-3H3.